The third-order valence-electron chi connectivity index (χ3n) is 4.23. The number of nitrogens with one attached hydrogen (secondary N) is 2. The Labute approximate surface area is 185 Å². The molecular formula is C19H25FIN5OS. The van der Waals surface area contributed by atoms with Crippen LogP contribution in [0.4, 0.5) is 15.1 Å². The van der Waals surface area contributed by atoms with Crippen molar-refractivity contribution in [3.05, 3.63) is 47.6 Å². The molecule has 0 saturated carbocycles. The number of hydrogen-bond acceptors (Lipinski definition) is 4. The van der Waals surface area contributed by atoms with E-state index in [-0.39, 0.29) is 42.2 Å². The predicted molar refractivity (Wildman–Crippen MR) is 125 cm³/mol. The monoisotopic (exact) mass is 517 g/mol. The molecule has 1 fully saturated rings. The van der Waals surface area contributed by atoms with Crippen LogP contribution in [0, 0.1) is 5.82 Å². The molecule has 2 N–H and O–H groups in total. The number of thiophene rings is 1. The molecule has 1 aliphatic heterocycles. The zero-order valence-electron chi connectivity index (χ0n) is 15.7. The van der Waals surface area contributed by atoms with Crippen LogP contribution in [0.15, 0.2) is 46.8 Å². The molecule has 152 valence electrons. The maximum absolute atomic E-state index is 12.9. The number of carbonyl (C=O) groups excluding carboxylic acids is 1. The van der Waals surface area contributed by atoms with Gasteiger partial charge in [0.1, 0.15) is 12.4 Å². The fraction of sp³-hybridized carbons (Fsp3) is 0.368. The summed E-state index contributed by atoms with van der Waals surface area (Å²) < 4.78 is 12.9. The van der Waals surface area contributed by atoms with Crippen molar-refractivity contribution in [3.63, 3.8) is 0 Å². The second-order valence-electron chi connectivity index (χ2n) is 6.15. The second-order valence-corrected chi connectivity index (χ2v) is 7.08. The number of halogens is 2. The third-order valence-corrected chi connectivity index (χ3v) is 5.16. The van der Waals surface area contributed by atoms with Crippen LogP contribution in [0.1, 0.15) is 6.92 Å². The Morgan fingerprint density at radius 2 is 1.89 bits per heavy atom. The van der Waals surface area contributed by atoms with Gasteiger partial charge in [0.2, 0.25) is 5.91 Å². The average Bonchev–Trinajstić information content (AvgIpc) is 3.22. The van der Waals surface area contributed by atoms with Crippen molar-refractivity contribution in [1.29, 1.82) is 0 Å². The molecule has 0 bridgehead atoms. The van der Waals surface area contributed by atoms with Gasteiger partial charge in [-0.25, -0.2) is 9.38 Å². The van der Waals surface area contributed by atoms with Crippen LogP contribution < -0.4 is 15.5 Å². The smallest absolute Gasteiger partial charge is 0.246 e. The summed E-state index contributed by atoms with van der Waals surface area (Å²) in [6, 6.07) is 9.90. The van der Waals surface area contributed by atoms with Gasteiger partial charge in [0.25, 0.3) is 0 Å². The van der Waals surface area contributed by atoms with Gasteiger partial charge in [0, 0.05) is 38.4 Å². The maximum Gasteiger partial charge on any atom is 0.246 e. The second kappa shape index (κ2) is 11.2. The molecule has 0 aliphatic carbocycles. The van der Waals surface area contributed by atoms with Crippen LogP contribution in [0.2, 0.25) is 0 Å². The number of hydrogen-bond donors (Lipinski definition) is 2. The molecule has 0 spiro atoms. The van der Waals surface area contributed by atoms with Gasteiger partial charge < -0.3 is 20.4 Å². The molecule has 2 aromatic rings. The van der Waals surface area contributed by atoms with Crippen LogP contribution in [0.5, 0.6) is 0 Å². The Kier molecular flexibility index (Phi) is 8.97. The maximum atomic E-state index is 12.9. The van der Waals surface area contributed by atoms with E-state index in [0.717, 1.165) is 38.7 Å². The Morgan fingerprint density at radius 1 is 1.18 bits per heavy atom. The van der Waals surface area contributed by atoms with Gasteiger partial charge in [-0.1, -0.05) is 0 Å². The number of aliphatic imine (C=N–C) groups is 1. The lowest BCUT2D eigenvalue weighted by molar-refractivity contribution is -0.114. The minimum absolute atomic E-state index is 0. The molecule has 2 heterocycles. The highest BCUT2D eigenvalue weighted by atomic mass is 127. The molecule has 0 radical (unpaired) electrons. The van der Waals surface area contributed by atoms with Crippen LogP contribution in [0.3, 0.4) is 0 Å². The normalized spacial score (nSPS) is 14.4. The molecule has 6 nitrogen and oxygen atoms in total. The largest absolute Gasteiger partial charge is 0.360 e. The molecule has 1 aromatic heterocycles. The molecule has 1 amide bonds. The molecule has 28 heavy (non-hydrogen) atoms. The highest BCUT2D eigenvalue weighted by molar-refractivity contribution is 14.0. The summed E-state index contributed by atoms with van der Waals surface area (Å²) in [6.45, 7) is 6.32. The summed E-state index contributed by atoms with van der Waals surface area (Å²) in [5.41, 5.74) is 0.561. The van der Waals surface area contributed by atoms with E-state index in [4.69, 9.17) is 0 Å². The molecule has 1 aromatic carbocycles. The predicted octanol–water partition coefficient (Wildman–Crippen LogP) is 3.23. The SMILES string of the molecule is CCNC(=NCC(=O)Nc1ccc(F)cc1)N1CCN(c2cccs2)CC1.I. The van der Waals surface area contributed by atoms with Gasteiger partial charge in [0.05, 0.1) is 5.00 Å². The molecule has 0 atom stereocenters. The first kappa shape index (κ1) is 22.4. The lowest BCUT2D eigenvalue weighted by Crippen LogP contribution is -2.52. The number of anilines is 2. The van der Waals surface area contributed by atoms with Crippen LogP contribution in [-0.2, 0) is 4.79 Å². The fourth-order valence-electron chi connectivity index (χ4n) is 2.89. The van der Waals surface area contributed by atoms with Crippen molar-refractivity contribution in [2.45, 2.75) is 6.92 Å². The Hall–Kier alpha value is -1.88. The molecular weight excluding hydrogens is 492 g/mol. The first-order valence-corrected chi connectivity index (χ1v) is 9.91. The van der Waals surface area contributed by atoms with Crippen LogP contribution in [0.25, 0.3) is 0 Å². The summed E-state index contributed by atoms with van der Waals surface area (Å²) in [6.07, 6.45) is 0. The topological polar surface area (TPSA) is 60.0 Å². The van der Waals surface area contributed by atoms with Crippen molar-refractivity contribution in [3.8, 4) is 0 Å². The summed E-state index contributed by atoms with van der Waals surface area (Å²) in [4.78, 5) is 21.1. The van der Waals surface area contributed by atoms with Crippen molar-refractivity contribution in [1.82, 2.24) is 10.2 Å². The minimum atomic E-state index is -0.331. The zero-order chi connectivity index (χ0) is 19.1. The van der Waals surface area contributed by atoms with E-state index in [1.54, 1.807) is 11.3 Å². The molecule has 3 rings (SSSR count). The van der Waals surface area contributed by atoms with E-state index < -0.39 is 0 Å². The van der Waals surface area contributed by atoms with Crippen LogP contribution in [-0.4, -0.2) is 56.0 Å². The number of carbonyl (C=O) groups is 1. The molecule has 0 unspecified atom stereocenters. The fourth-order valence-corrected chi connectivity index (χ4v) is 3.68. The van der Waals surface area contributed by atoms with E-state index in [2.05, 4.69) is 42.9 Å². The Morgan fingerprint density at radius 3 is 2.50 bits per heavy atom. The number of piperazine rings is 1. The number of nitrogens with zero attached hydrogens (tertiary/aromatic N) is 3. The Bertz CT molecular complexity index is 761. The van der Waals surface area contributed by atoms with Gasteiger partial charge in [-0.3, -0.25) is 4.79 Å². The highest BCUT2D eigenvalue weighted by Crippen LogP contribution is 2.22. The first-order chi connectivity index (χ1) is 13.2. The number of rotatable bonds is 5. The lowest BCUT2D eigenvalue weighted by atomic mass is 10.3. The van der Waals surface area contributed by atoms with E-state index in [1.165, 1.54) is 29.3 Å². The number of amides is 1. The van der Waals surface area contributed by atoms with Gasteiger partial charge in [-0.2, -0.15) is 0 Å². The van der Waals surface area contributed by atoms with E-state index in [0.29, 0.717) is 5.69 Å². The number of guanidine groups is 1. The third kappa shape index (κ3) is 6.33. The lowest BCUT2D eigenvalue weighted by Gasteiger charge is -2.37. The first-order valence-electron chi connectivity index (χ1n) is 9.03. The Balaban J connectivity index is 0.00000280. The van der Waals surface area contributed by atoms with Crippen molar-refractivity contribution in [2.75, 3.05) is 49.5 Å². The highest BCUT2D eigenvalue weighted by Gasteiger charge is 2.20. The van der Waals surface area contributed by atoms with Gasteiger partial charge in [0.15, 0.2) is 5.96 Å². The van der Waals surface area contributed by atoms with Gasteiger partial charge in [-0.05, 0) is 48.7 Å². The van der Waals surface area contributed by atoms with Crippen molar-refractivity contribution in [2.24, 2.45) is 4.99 Å². The molecule has 1 aliphatic rings. The summed E-state index contributed by atoms with van der Waals surface area (Å²) in [5.74, 6) is 0.189. The standard InChI is InChI=1S/C19H24FN5OS.HI/c1-2-21-19(22-14-17(26)23-16-7-5-15(20)6-8-16)25-11-9-24(10-12-25)18-4-3-13-27-18;/h3-8,13H,2,9-12,14H2,1H3,(H,21,22)(H,23,26);1H. The average molecular weight is 517 g/mol. The van der Waals surface area contributed by atoms with Gasteiger partial charge in [-0.15, -0.1) is 35.3 Å². The van der Waals surface area contributed by atoms with Crippen molar-refractivity contribution < 1.29 is 9.18 Å². The van der Waals surface area contributed by atoms with Crippen LogP contribution >= 0.6 is 35.3 Å². The quantitative estimate of drug-likeness (QED) is 0.364. The van der Waals surface area contributed by atoms with E-state index in [1.807, 2.05) is 6.92 Å². The van der Waals surface area contributed by atoms with E-state index >= 15 is 0 Å². The summed E-state index contributed by atoms with van der Waals surface area (Å²) >= 11 is 1.75. The molecule has 1 saturated heterocycles. The number of benzene rings is 1. The zero-order valence-corrected chi connectivity index (χ0v) is 18.9. The van der Waals surface area contributed by atoms with Gasteiger partial charge >= 0.3 is 0 Å². The molecule has 9 heteroatoms. The summed E-state index contributed by atoms with van der Waals surface area (Å²) in [5, 5.41) is 9.37. The minimum Gasteiger partial charge on any atom is -0.360 e. The summed E-state index contributed by atoms with van der Waals surface area (Å²) in [7, 11) is 0. The van der Waals surface area contributed by atoms with E-state index in [9.17, 15) is 9.18 Å². The van der Waals surface area contributed by atoms with Crippen molar-refractivity contribution >= 4 is 57.9 Å².